The van der Waals surface area contributed by atoms with Gasteiger partial charge in [-0.15, -0.1) is 0 Å². The number of methoxy groups -OCH3 is 1. The van der Waals surface area contributed by atoms with E-state index in [9.17, 15) is 0 Å². The van der Waals surface area contributed by atoms with Crippen molar-refractivity contribution in [1.82, 2.24) is 5.32 Å². The molecule has 1 rings (SSSR count). The second kappa shape index (κ2) is 6.58. The van der Waals surface area contributed by atoms with Gasteiger partial charge < -0.3 is 10.1 Å². The molecule has 1 unspecified atom stereocenters. The SMILES string of the molecule is CNCC(C)(Cc1cc(OC)ccc1Br)C(C)C. The molecule has 0 aliphatic rings. The molecule has 1 aromatic rings. The number of benzene rings is 1. The Bertz CT molecular complexity index is 392. The molecule has 0 fully saturated rings. The number of hydrogen-bond donors (Lipinski definition) is 1. The van der Waals surface area contributed by atoms with Gasteiger partial charge in [-0.05, 0) is 48.6 Å². The number of nitrogens with one attached hydrogen (secondary N) is 1. The van der Waals surface area contributed by atoms with E-state index >= 15 is 0 Å². The Morgan fingerprint density at radius 3 is 2.56 bits per heavy atom. The van der Waals surface area contributed by atoms with Gasteiger partial charge in [-0.2, -0.15) is 0 Å². The van der Waals surface area contributed by atoms with Crippen molar-refractivity contribution in [2.75, 3.05) is 20.7 Å². The van der Waals surface area contributed by atoms with Crippen molar-refractivity contribution in [2.45, 2.75) is 27.2 Å². The van der Waals surface area contributed by atoms with E-state index in [-0.39, 0.29) is 5.41 Å². The maximum Gasteiger partial charge on any atom is 0.119 e. The molecule has 0 saturated heterocycles. The Kier molecular flexibility index (Phi) is 5.67. The van der Waals surface area contributed by atoms with Crippen LogP contribution in [0.4, 0.5) is 0 Å². The first kappa shape index (κ1) is 15.5. The van der Waals surface area contributed by atoms with Crippen LogP contribution in [-0.2, 0) is 6.42 Å². The quantitative estimate of drug-likeness (QED) is 0.860. The van der Waals surface area contributed by atoms with E-state index in [1.54, 1.807) is 7.11 Å². The highest BCUT2D eigenvalue weighted by molar-refractivity contribution is 9.10. The summed E-state index contributed by atoms with van der Waals surface area (Å²) < 4.78 is 6.47. The summed E-state index contributed by atoms with van der Waals surface area (Å²) in [6.07, 6.45) is 1.03. The zero-order valence-corrected chi connectivity index (χ0v) is 13.6. The van der Waals surface area contributed by atoms with Crippen LogP contribution in [0.3, 0.4) is 0 Å². The van der Waals surface area contributed by atoms with Gasteiger partial charge in [0.05, 0.1) is 7.11 Å². The molecule has 0 heterocycles. The Hall–Kier alpha value is -0.540. The molecular formula is C15H24BrNO. The first-order valence-corrected chi connectivity index (χ1v) is 7.19. The van der Waals surface area contributed by atoms with Crippen LogP contribution in [0.5, 0.6) is 5.75 Å². The van der Waals surface area contributed by atoms with Gasteiger partial charge in [-0.25, -0.2) is 0 Å². The van der Waals surface area contributed by atoms with Crippen LogP contribution < -0.4 is 10.1 Å². The van der Waals surface area contributed by atoms with Gasteiger partial charge in [0.2, 0.25) is 0 Å². The zero-order chi connectivity index (χ0) is 13.8. The maximum atomic E-state index is 5.31. The average molecular weight is 314 g/mol. The molecule has 0 bridgehead atoms. The van der Waals surface area contributed by atoms with Gasteiger partial charge in [0.15, 0.2) is 0 Å². The molecule has 0 aliphatic heterocycles. The molecule has 0 aromatic heterocycles. The number of ether oxygens (including phenoxy) is 1. The highest BCUT2D eigenvalue weighted by atomic mass is 79.9. The Morgan fingerprint density at radius 1 is 1.39 bits per heavy atom. The van der Waals surface area contributed by atoms with Crippen molar-refractivity contribution in [3.8, 4) is 5.75 Å². The molecule has 18 heavy (non-hydrogen) atoms. The van der Waals surface area contributed by atoms with Crippen molar-refractivity contribution in [3.05, 3.63) is 28.2 Å². The second-order valence-corrected chi connectivity index (χ2v) is 6.33. The van der Waals surface area contributed by atoms with Crippen molar-refractivity contribution in [3.63, 3.8) is 0 Å². The lowest BCUT2D eigenvalue weighted by molar-refractivity contribution is 0.212. The molecule has 1 atom stereocenters. The molecule has 0 spiro atoms. The minimum Gasteiger partial charge on any atom is -0.497 e. The Labute approximate surface area is 119 Å². The summed E-state index contributed by atoms with van der Waals surface area (Å²) in [4.78, 5) is 0. The number of hydrogen-bond acceptors (Lipinski definition) is 2. The second-order valence-electron chi connectivity index (χ2n) is 5.47. The van der Waals surface area contributed by atoms with Gasteiger partial charge in [0.25, 0.3) is 0 Å². The van der Waals surface area contributed by atoms with Crippen LogP contribution in [0.25, 0.3) is 0 Å². The monoisotopic (exact) mass is 313 g/mol. The van der Waals surface area contributed by atoms with E-state index < -0.39 is 0 Å². The predicted molar refractivity (Wildman–Crippen MR) is 81.3 cm³/mol. The van der Waals surface area contributed by atoms with Crippen molar-refractivity contribution < 1.29 is 4.74 Å². The van der Waals surface area contributed by atoms with E-state index in [1.807, 2.05) is 13.1 Å². The summed E-state index contributed by atoms with van der Waals surface area (Å²) in [5.74, 6) is 1.53. The largest absolute Gasteiger partial charge is 0.497 e. The Balaban J connectivity index is 3.00. The summed E-state index contributed by atoms with van der Waals surface area (Å²) in [7, 11) is 3.73. The summed E-state index contributed by atoms with van der Waals surface area (Å²) in [6, 6.07) is 6.17. The van der Waals surface area contributed by atoms with Gasteiger partial charge in [0, 0.05) is 11.0 Å². The standard InChI is InChI=1S/C15H24BrNO/c1-11(2)15(3,10-17-4)9-12-8-13(18-5)6-7-14(12)16/h6-8,11,17H,9-10H2,1-5H3. The topological polar surface area (TPSA) is 21.3 Å². The molecule has 0 radical (unpaired) electrons. The van der Waals surface area contributed by atoms with E-state index in [4.69, 9.17) is 4.74 Å². The fourth-order valence-electron chi connectivity index (χ4n) is 2.12. The first-order chi connectivity index (χ1) is 8.42. The highest BCUT2D eigenvalue weighted by Crippen LogP contribution is 2.34. The van der Waals surface area contributed by atoms with E-state index in [0.717, 1.165) is 23.2 Å². The number of halogens is 1. The molecule has 3 heteroatoms. The Morgan fingerprint density at radius 2 is 2.06 bits per heavy atom. The summed E-state index contributed by atoms with van der Waals surface area (Å²) in [6.45, 7) is 7.91. The fourth-order valence-corrected chi connectivity index (χ4v) is 2.51. The third kappa shape index (κ3) is 3.72. The van der Waals surface area contributed by atoms with Crippen molar-refractivity contribution >= 4 is 15.9 Å². The molecule has 0 aliphatic carbocycles. The average Bonchev–Trinajstić information content (AvgIpc) is 2.32. The van der Waals surface area contributed by atoms with Crippen LogP contribution in [-0.4, -0.2) is 20.7 Å². The van der Waals surface area contributed by atoms with Crippen LogP contribution in [0.1, 0.15) is 26.3 Å². The molecule has 0 saturated carbocycles. The lowest BCUT2D eigenvalue weighted by Gasteiger charge is -2.34. The zero-order valence-electron chi connectivity index (χ0n) is 12.0. The third-order valence-corrected chi connectivity index (χ3v) is 4.60. The van der Waals surface area contributed by atoms with Gasteiger partial charge in [-0.1, -0.05) is 36.7 Å². The normalized spacial score (nSPS) is 14.6. The minimum atomic E-state index is 0.240. The van der Waals surface area contributed by atoms with Crippen molar-refractivity contribution in [2.24, 2.45) is 11.3 Å². The van der Waals surface area contributed by atoms with E-state index in [2.05, 4.69) is 54.2 Å². The smallest absolute Gasteiger partial charge is 0.119 e. The van der Waals surface area contributed by atoms with Crippen molar-refractivity contribution in [1.29, 1.82) is 0 Å². The van der Waals surface area contributed by atoms with Gasteiger partial charge in [-0.3, -0.25) is 0 Å². The van der Waals surface area contributed by atoms with Gasteiger partial charge >= 0.3 is 0 Å². The highest BCUT2D eigenvalue weighted by Gasteiger charge is 2.28. The van der Waals surface area contributed by atoms with Crippen LogP contribution in [0.15, 0.2) is 22.7 Å². The molecule has 1 aromatic carbocycles. The summed E-state index contributed by atoms with van der Waals surface area (Å²) >= 11 is 3.64. The van der Waals surface area contributed by atoms with E-state index in [0.29, 0.717) is 5.92 Å². The lowest BCUT2D eigenvalue weighted by atomic mass is 9.74. The molecule has 102 valence electrons. The minimum absolute atomic E-state index is 0.240. The van der Waals surface area contributed by atoms with E-state index in [1.165, 1.54) is 5.56 Å². The molecule has 0 amide bonds. The lowest BCUT2D eigenvalue weighted by Crippen LogP contribution is -2.36. The van der Waals surface area contributed by atoms with Crippen LogP contribution >= 0.6 is 15.9 Å². The number of rotatable bonds is 6. The predicted octanol–water partition coefficient (Wildman–Crippen LogP) is 3.88. The van der Waals surface area contributed by atoms with Gasteiger partial charge in [0.1, 0.15) is 5.75 Å². The molecule has 2 nitrogen and oxygen atoms in total. The molecular weight excluding hydrogens is 290 g/mol. The fraction of sp³-hybridized carbons (Fsp3) is 0.600. The first-order valence-electron chi connectivity index (χ1n) is 6.40. The van der Waals surface area contributed by atoms with Crippen LogP contribution in [0.2, 0.25) is 0 Å². The summed E-state index contributed by atoms with van der Waals surface area (Å²) in [5, 5.41) is 3.31. The molecule has 1 N–H and O–H groups in total. The summed E-state index contributed by atoms with van der Waals surface area (Å²) in [5.41, 5.74) is 1.55. The maximum absolute atomic E-state index is 5.31. The third-order valence-electron chi connectivity index (χ3n) is 3.82. The van der Waals surface area contributed by atoms with Crippen LogP contribution in [0, 0.1) is 11.3 Å².